The number of benzene rings is 1. The van der Waals surface area contributed by atoms with Gasteiger partial charge in [0.1, 0.15) is 17.9 Å². The molecule has 0 spiro atoms. The molecule has 3 nitrogen and oxygen atoms in total. The van der Waals surface area contributed by atoms with Gasteiger partial charge in [-0.1, -0.05) is 25.0 Å². The lowest BCUT2D eigenvalue weighted by atomic mass is 9.66. The van der Waals surface area contributed by atoms with Gasteiger partial charge in [-0.3, -0.25) is 0 Å². The van der Waals surface area contributed by atoms with Crippen LogP contribution in [-0.2, 0) is 0 Å². The van der Waals surface area contributed by atoms with Crippen LogP contribution in [0.1, 0.15) is 43.7 Å². The van der Waals surface area contributed by atoms with Crippen LogP contribution in [0.4, 0.5) is 4.39 Å². The van der Waals surface area contributed by atoms with E-state index in [0.717, 1.165) is 44.2 Å². The van der Waals surface area contributed by atoms with Crippen molar-refractivity contribution in [2.24, 2.45) is 5.92 Å². The van der Waals surface area contributed by atoms with Crippen LogP contribution in [0.5, 0.6) is 0 Å². The minimum atomic E-state index is -0.601. The van der Waals surface area contributed by atoms with Gasteiger partial charge in [0.2, 0.25) is 0 Å². The van der Waals surface area contributed by atoms with Crippen LogP contribution in [0, 0.1) is 23.1 Å². The molecule has 21 heavy (non-hydrogen) atoms. The van der Waals surface area contributed by atoms with Gasteiger partial charge in [0.25, 0.3) is 0 Å². The number of hydrogen-bond donors (Lipinski definition) is 2. The van der Waals surface area contributed by atoms with Gasteiger partial charge in [-0.2, -0.15) is 5.26 Å². The highest BCUT2D eigenvalue weighted by Crippen LogP contribution is 2.43. The highest BCUT2D eigenvalue weighted by atomic mass is 19.1. The number of aliphatic hydroxyl groups is 1. The van der Waals surface area contributed by atoms with Crippen molar-refractivity contribution < 1.29 is 14.4 Å². The quantitative estimate of drug-likeness (QED) is 0.813. The van der Waals surface area contributed by atoms with Gasteiger partial charge < -0.3 is 10.0 Å². The van der Waals surface area contributed by atoms with E-state index in [1.54, 1.807) is 0 Å². The maximum atomic E-state index is 13.2. The van der Waals surface area contributed by atoms with Crippen LogP contribution < -0.4 is 4.90 Å². The molecule has 0 aromatic heterocycles. The summed E-state index contributed by atoms with van der Waals surface area (Å²) in [4.78, 5) is 1.21. The molecular formula is C17H22FN2O+. The second kappa shape index (κ2) is 5.75. The van der Waals surface area contributed by atoms with E-state index < -0.39 is 5.60 Å². The maximum absolute atomic E-state index is 13.2. The summed E-state index contributed by atoms with van der Waals surface area (Å²) in [5, 5.41) is 20.1. The minimum absolute atomic E-state index is 0.101. The molecule has 1 aliphatic heterocycles. The van der Waals surface area contributed by atoms with Crippen molar-refractivity contribution in [3.63, 3.8) is 0 Å². The van der Waals surface area contributed by atoms with Crippen LogP contribution in [-0.4, -0.2) is 23.8 Å². The van der Waals surface area contributed by atoms with E-state index in [-0.39, 0.29) is 17.8 Å². The molecule has 1 aromatic carbocycles. The molecule has 1 aliphatic carbocycles. The normalized spacial score (nSPS) is 35.8. The van der Waals surface area contributed by atoms with E-state index in [4.69, 9.17) is 5.26 Å². The number of halogens is 1. The maximum Gasteiger partial charge on any atom is 0.165 e. The van der Waals surface area contributed by atoms with E-state index in [2.05, 4.69) is 6.07 Å². The molecular weight excluding hydrogens is 267 g/mol. The smallest absolute Gasteiger partial charge is 0.165 e. The number of likely N-dealkylation sites (tertiary alicyclic amines) is 1. The molecule has 0 radical (unpaired) electrons. The average Bonchev–Trinajstić information content (AvgIpc) is 2.49. The summed E-state index contributed by atoms with van der Waals surface area (Å²) >= 11 is 0. The molecule has 4 heteroatoms. The third-order valence-electron chi connectivity index (χ3n) is 5.32. The van der Waals surface area contributed by atoms with Crippen molar-refractivity contribution in [2.75, 3.05) is 13.1 Å². The van der Waals surface area contributed by atoms with Gasteiger partial charge >= 0.3 is 0 Å². The van der Waals surface area contributed by atoms with Crippen LogP contribution in [0.25, 0.3) is 0 Å². The fraction of sp³-hybridized carbons (Fsp3) is 0.588. The van der Waals surface area contributed by atoms with Gasteiger partial charge in [-0.15, -0.1) is 0 Å². The summed E-state index contributed by atoms with van der Waals surface area (Å²) in [6, 6.07) is 8.96. The van der Waals surface area contributed by atoms with Crippen molar-refractivity contribution in [2.45, 2.75) is 43.7 Å². The number of nitrogens with one attached hydrogen (secondary N) is 1. The molecule has 112 valence electrons. The Balaban J connectivity index is 1.96. The molecule has 2 aliphatic rings. The molecule has 2 N–H and O–H groups in total. The van der Waals surface area contributed by atoms with Crippen LogP contribution in [0.3, 0.4) is 0 Å². The molecule has 1 heterocycles. The SMILES string of the molecule is N#CC[NH+]1CC[C@@]2(O)CCCC[C@H]2[C@H]1c1ccc(F)cc1. The molecule has 0 bridgehead atoms. The minimum Gasteiger partial charge on any atom is -0.389 e. The zero-order chi connectivity index (χ0) is 14.9. The highest BCUT2D eigenvalue weighted by molar-refractivity contribution is 5.21. The fourth-order valence-corrected chi connectivity index (χ4v) is 4.29. The van der Waals surface area contributed by atoms with Gasteiger partial charge in [0.05, 0.1) is 12.1 Å². The third kappa shape index (κ3) is 2.68. The van der Waals surface area contributed by atoms with Gasteiger partial charge in [0, 0.05) is 17.9 Å². The summed E-state index contributed by atoms with van der Waals surface area (Å²) in [7, 11) is 0. The predicted octanol–water partition coefficient (Wildman–Crippen LogP) is 1.60. The first kappa shape index (κ1) is 14.5. The van der Waals surface area contributed by atoms with E-state index in [0.29, 0.717) is 6.54 Å². The number of fused-ring (bicyclic) bond motifs is 1. The Morgan fingerprint density at radius 2 is 2.05 bits per heavy atom. The van der Waals surface area contributed by atoms with E-state index in [1.807, 2.05) is 12.1 Å². The van der Waals surface area contributed by atoms with Gasteiger partial charge in [0.15, 0.2) is 6.54 Å². The summed E-state index contributed by atoms with van der Waals surface area (Å²) in [5.41, 5.74) is 0.447. The van der Waals surface area contributed by atoms with Crippen molar-refractivity contribution in [1.29, 1.82) is 5.26 Å². The van der Waals surface area contributed by atoms with E-state index in [9.17, 15) is 9.50 Å². The number of rotatable bonds is 2. The second-order valence-corrected chi connectivity index (χ2v) is 6.48. The second-order valence-electron chi connectivity index (χ2n) is 6.48. The zero-order valence-electron chi connectivity index (χ0n) is 12.2. The Kier molecular flexibility index (Phi) is 3.97. The molecule has 2 fully saturated rings. The average molecular weight is 289 g/mol. The summed E-state index contributed by atoms with van der Waals surface area (Å²) in [5.74, 6) is -0.0656. The fourth-order valence-electron chi connectivity index (χ4n) is 4.29. The lowest BCUT2D eigenvalue weighted by Gasteiger charge is -2.49. The molecule has 3 rings (SSSR count). The number of nitriles is 1. The predicted molar refractivity (Wildman–Crippen MR) is 77.0 cm³/mol. The molecule has 1 saturated carbocycles. The Labute approximate surface area is 125 Å². The van der Waals surface area contributed by atoms with Crippen LogP contribution >= 0.6 is 0 Å². The van der Waals surface area contributed by atoms with Gasteiger partial charge in [-0.05, 0) is 25.0 Å². The first-order chi connectivity index (χ1) is 10.1. The number of piperidine rings is 1. The number of hydrogen-bond acceptors (Lipinski definition) is 2. The van der Waals surface area contributed by atoms with Crippen LogP contribution in [0.2, 0.25) is 0 Å². The monoisotopic (exact) mass is 289 g/mol. The first-order valence-corrected chi connectivity index (χ1v) is 7.83. The van der Waals surface area contributed by atoms with Crippen molar-refractivity contribution in [1.82, 2.24) is 0 Å². The van der Waals surface area contributed by atoms with Crippen LogP contribution in [0.15, 0.2) is 24.3 Å². The lowest BCUT2D eigenvalue weighted by Crippen LogP contribution is -3.15. The van der Waals surface area contributed by atoms with E-state index in [1.165, 1.54) is 17.0 Å². The Hall–Kier alpha value is -1.44. The Bertz CT molecular complexity index is 539. The molecule has 1 aromatic rings. The summed E-state index contributed by atoms with van der Waals surface area (Å²) in [6.45, 7) is 1.25. The molecule has 0 amide bonds. The van der Waals surface area contributed by atoms with Crippen molar-refractivity contribution in [3.05, 3.63) is 35.6 Å². The van der Waals surface area contributed by atoms with Crippen molar-refractivity contribution in [3.8, 4) is 6.07 Å². The highest BCUT2D eigenvalue weighted by Gasteiger charge is 2.51. The van der Waals surface area contributed by atoms with E-state index >= 15 is 0 Å². The molecule has 4 atom stereocenters. The Morgan fingerprint density at radius 3 is 2.76 bits per heavy atom. The lowest BCUT2D eigenvalue weighted by molar-refractivity contribution is -0.938. The summed E-state index contributed by atoms with van der Waals surface area (Å²) in [6.07, 6.45) is 4.83. The van der Waals surface area contributed by atoms with Gasteiger partial charge in [-0.25, -0.2) is 4.39 Å². The number of quaternary nitrogens is 1. The van der Waals surface area contributed by atoms with Crippen molar-refractivity contribution >= 4 is 0 Å². The topological polar surface area (TPSA) is 48.5 Å². The summed E-state index contributed by atoms with van der Waals surface area (Å²) < 4.78 is 13.2. The third-order valence-corrected chi connectivity index (χ3v) is 5.32. The molecule has 1 saturated heterocycles. The standard InChI is InChI=1S/C17H21FN2O/c18-14-6-4-13(5-7-14)16-15-3-1-2-8-17(15,21)9-11-20(16)12-10-19/h4-7,15-16,21H,1-3,8-9,11-12H2/p+1/t15-,16+,17-/m0/s1. The number of nitrogens with zero attached hydrogens (tertiary/aromatic N) is 1. The Morgan fingerprint density at radius 1 is 1.29 bits per heavy atom. The largest absolute Gasteiger partial charge is 0.389 e. The molecule has 1 unspecified atom stereocenters. The first-order valence-electron chi connectivity index (χ1n) is 7.83. The zero-order valence-corrected chi connectivity index (χ0v) is 12.2.